The molecule has 0 bridgehead atoms. The van der Waals surface area contributed by atoms with E-state index in [0.717, 1.165) is 25.1 Å². The normalized spacial score (nSPS) is 17.0. The molecule has 1 aliphatic rings. The van der Waals surface area contributed by atoms with Crippen molar-refractivity contribution in [1.29, 1.82) is 0 Å². The van der Waals surface area contributed by atoms with Crippen molar-refractivity contribution in [3.63, 3.8) is 0 Å². The fourth-order valence-electron chi connectivity index (χ4n) is 3.35. The van der Waals surface area contributed by atoms with Crippen molar-refractivity contribution in [2.75, 3.05) is 25.5 Å². The zero-order chi connectivity index (χ0) is 18.5. The number of ether oxygens (including phenoxy) is 1. The van der Waals surface area contributed by atoms with Gasteiger partial charge in [-0.1, -0.05) is 12.1 Å². The minimum atomic E-state index is -0.0131. The monoisotopic (exact) mass is 426 g/mol. The number of benzene rings is 1. The molecule has 0 radical (unpaired) electrons. The van der Waals surface area contributed by atoms with E-state index in [9.17, 15) is 4.79 Å². The van der Waals surface area contributed by atoms with Crippen molar-refractivity contribution in [2.24, 2.45) is 11.7 Å². The number of para-hydroxylation sites is 2. The molecule has 1 aromatic heterocycles. The molecule has 1 fully saturated rings. The highest BCUT2D eigenvalue weighted by Gasteiger charge is 2.28. The zero-order valence-electron chi connectivity index (χ0n) is 16.1. The van der Waals surface area contributed by atoms with E-state index in [4.69, 9.17) is 10.5 Å². The standard InChI is InChI=1S/C20H26N4O2.2ClH/c1-14(21)15-7-6-12-24(13-15)20(25)16-8-5-11-22-19(16)23-17-9-3-4-10-18(17)26-2;;/h3-5,8-11,14-15H,6-7,12-13,21H2,1-2H3,(H,22,23);2*1H. The summed E-state index contributed by atoms with van der Waals surface area (Å²) >= 11 is 0. The van der Waals surface area contributed by atoms with Gasteiger partial charge in [-0.2, -0.15) is 0 Å². The molecule has 1 aliphatic heterocycles. The van der Waals surface area contributed by atoms with Crippen LogP contribution in [0.1, 0.15) is 30.1 Å². The first-order chi connectivity index (χ1) is 12.6. The first kappa shape index (κ1) is 24.0. The molecule has 2 heterocycles. The summed E-state index contributed by atoms with van der Waals surface area (Å²) in [6.45, 7) is 3.46. The highest BCUT2D eigenvalue weighted by Crippen LogP contribution is 2.29. The van der Waals surface area contributed by atoms with E-state index in [1.54, 1.807) is 19.4 Å². The molecule has 8 heteroatoms. The Labute approximate surface area is 178 Å². The molecule has 6 nitrogen and oxygen atoms in total. The minimum Gasteiger partial charge on any atom is -0.495 e. The Hall–Kier alpha value is -2.02. The Morgan fingerprint density at radius 2 is 2.04 bits per heavy atom. The van der Waals surface area contributed by atoms with Crippen LogP contribution in [0.25, 0.3) is 0 Å². The molecule has 2 atom stereocenters. The van der Waals surface area contributed by atoms with Gasteiger partial charge in [0.05, 0.1) is 18.4 Å². The van der Waals surface area contributed by atoms with Crippen LogP contribution in [0.3, 0.4) is 0 Å². The number of nitrogens with two attached hydrogens (primary N) is 1. The van der Waals surface area contributed by atoms with E-state index in [2.05, 4.69) is 10.3 Å². The van der Waals surface area contributed by atoms with Gasteiger partial charge >= 0.3 is 0 Å². The van der Waals surface area contributed by atoms with E-state index in [1.165, 1.54) is 0 Å². The summed E-state index contributed by atoms with van der Waals surface area (Å²) in [6.07, 6.45) is 3.73. The lowest BCUT2D eigenvalue weighted by Crippen LogP contribution is -2.45. The second kappa shape index (κ2) is 11.1. The van der Waals surface area contributed by atoms with Crippen LogP contribution in [0.5, 0.6) is 5.75 Å². The number of pyridine rings is 1. The van der Waals surface area contributed by atoms with Crippen LogP contribution in [0.15, 0.2) is 42.6 Å². The molecule has 28 heavy (non-hydrogen) atoms. The van der Waals surface area contributed by atoms with E-state index >= 15 is 0 Å². The van der Waals surface area contributed by atoms with Crippen molar-refractivity contribution in [2.45, 2.75) is 25.8 Å². The van der Waals surface area contributed by atoms with Crippen LogP contribution < -0.4 is 15.8 Å². The third-order valence-electron chi connectivity index (χ3n) is 4.89. The number of nitrogens with one attached hydrogen (secondary N) is 1. The molecule has 0 spiro atoms. The van der Waals surface area contributed by atoms with E-state index in [0.29, 0.717) is 29.6 Å². The van der Waals surface area contributed by atoms with Gasteiger partial charge in [0.2, 0.25) is 0 Å². The third-order valence-corrected chi connectivity index (χ3v) is 4.89. The number of hydrogen-bond acceptors (Lipinski definition) is 5. The molecular formula is C20H28Cl2N4O2. The second-order valence-corrected chi connectivity index (χ2v) is 6.74. The number of rotatable bonds is 5. The number of hydrogen-bond donors (Lipinski definition) is 2. The van der Waals surface area contributed by atoms with Crippen molar-refractivity contribution in [3.8, 4) is 5.75 Å². The predicted octanol–water partition coefficient (Wildman–Crippen LogP) is 3.88. The summed E-state index contributed by atoms with van der Waals surface area (Å²) in [5.74, 6) is 1.56. The number of anilines is 2. The summed E-state index contributed by atoms with van der Waals surface area (Å²) in [4.78, 5) is 19.4. The Kier molecular flexibility index (Phi) is 9.52. The number of carbonyl (C=O) groups excluding carboxylic acids is 1. The summed E-state index contributed by atoms with van der Waals surface area (Å²) in [6, 6.07) is 11.3. The van der Waals surface area contributed by atoms with Crippen molar-refractivity contribution >= 4 is 42.2 Å². The average molecular weight is 427 g/mol. The van der Waals surface area contributed by atoms with Gasteiger partial charge in [0, 0.05) is 25.3 Å². The van der Waals surface area contributed by atoms with Gasteiger partial charge in [0.15, 0.2) is 0 Å². The van der Waals surface area contributed by atoms with Crippen LogP contribution in [-0.2, 0) is 0 Å². The summed E-state index contributed by atoms with van der Waals surface area (Å²) < 4.78 is 5.38. The van der Waals surface area contributed by atoms with Crippen LogP contribution in [0.4, 0.5) is 11.5 Å². The Balaban J connectivity index is 0.00000196. The molecule has 2 unspecified atom stereocenters. The average Bonchev–Trinajstić information content (AvgIpc) is 2.68. The van der Waals surface area contributed by atoms with Gasteiger partial charge in [0.25, 0.3) is 5.91 Å². The van der Waals surface area contributed by atoms with Gasteiger partial charge < -0.3 is 20.7 Å². The first-order valence-electron chi connectivity index (χ1n) is 9.00. The fourth-order valence-corrected chi connectivity index (χ4v) is 3.35. The summed E-state index contributed by atoms with van der Waals surface area (Å²) in [7, 11) is 1.62. The SMILES string of the molecule is COc1ccccc1Nc1ncccc1C(=O)N1CCCC(C(C)N)C1.Cl.Cl. The van der Waals surface area contributed by atoms with E-state index < -0.39 is 0 Å². The smallest absolute Gasteiger partial charge is 0.257 e. The van der Waals surface area contributed by atoms with Crippen LogP contribution in [0, 0.1) is 5.92 Å². The lowest BCUT2D eigenvalue weighted by Gasteiger charge is -2.34. The molecule has 1 saturated heterocycles. The van der Waals surface area contributed by atoms with Gasteiger partial charge in [-0.05, 0) is 49.9 Å². The lowest BCUT2D eigenvalue weighted by molar-refractivity contribution is 0.0661. The second-order valence-electron chi connectivity index (χ2n) is 6.74. The number of aromatic nitrogens is 1. The molecule has 154 valence electrons. The first-order valence-corrected chi connectivity index (χ1v) is 9.00. The van der Waals surface area contributed by atoms with Crippen LogP contribution in [-0.4, -0.2) is 42.0 Å². The topological polar surface area (TPSA) is 80.5 Å². The maximum Gasteiger partial charge on any atom is 0.257 e. The van der Waals surface area contributed by atoms with Gasteiger partial charge in [0.1, 0.15) is 11.6 Å². The number of halogens is 2. The number of piperidine rings is 1. The number of likely N-dealkylation sites (tertiary alicyclic amines) is 1. The van der Waals surface area contributed by atoms with E-state index in [-0.39, 0.29) is 36.8 Å². The fraction of sp³-hybridized carbons (Fsp3) is 0.400. The third kappa shape index (κ3) is 5.50. The summed E-state index contributed by atoms with van der Waals surface area (Å²) in [5, 5.41) is 3.24. The van der Waals surface area contributed by atoms with E-state index in [1.807, 2.05) is 42.2 Å². The van der Waals surface area contributed by atoms with Crippen molar-refractivity contribution in [1.82, 2.24) is 9.88 Å². The lowest BCUT2D eigenvalue weighted by atomic mass is 9.92. The number of amides is 1. The molecule has 3 N–H and O–H groups in total. The van der Waals surface area contributed by atoms with Crippen LogP contribution >= 0.6 is 24.8 Å². The van der Waals surface area contributed by atoms with Crippen molar-refractivity contribution < 1.29 is 9.53 Å². The Morgan fingerprint density at radius 1 is 1.29 bits per heavy atom. The Morgan fingerprint density at radius 3 is 2.75 bits per heavy atom. The van der Waals surface area contributed by atoms with Gasteiger partial charge in [-0.3, -0.25) is 4.79 Å². The summed E-state index contributed by atoms with van der Waals surface area (Å²) in [5.41, 5.74) is 7.39. The predicted molar refractivity (Wildman–Crippen MR) is 117 cm³/mol. The number of carbonyl (C=O) groups is 1. The largest absolute Gasteiger partial charge is 0.495 e. The molecule has 3 rings (SSSR count). The molecule has 0 aliphatic carbocycles. The number of nitrogens with zero attached hydrogens (tertiary/aromatic N) is 2. The zero-order valence-corrected chi connectivity index (χ0v) is 17.8. The molecule has 0 saturated carbocycles. The number of methoxy groups -OCH3 is 1. The highest BCUT2D eigenvalue weighted by molar-refractivity contribution is 5.99. The van der Waals surface area contributed by atoms with Crippen molar-refractivity contribution in [3.05, 3.63) is 48.2 Å². The Bertz CT molecular complexity index is 773. The molecule has 1 amide bonds. The van der Waals surface area contributed by atoms with Crippen LogP contribution in [0.2, 0.25) is 0 Å². The molecule has 2 aromatic rings. The maximum atomic E-state index is 13.1. The van der Waals surface area contributed by atoms with Gasteiger partial charge in [-0.15, -0.1) is 24.8 Å². The molecule has 1 aromatic carbocycles. The highest BCUT2D eigenvalue weighted by atomic mass is 35.5. The molecular weight excluding hydrogens is 399 g/mol. The minimum absolute atomic E-state index is 0. The van der Waals surface area contributed by atoms with Gasteiger partial charge in [-0.25, -0.2) is 4.98 Å². The maximum absolute atomic E-state index is 13.1. The quantitative estimate of drug-likeness (QED) is 0.757.